The van der Waals surface area contributed by atoms with Crippen molar-refractivity contribution in [3.05, 3.63) is 29.3 Å². The highest BCUT2D eigenvalue weighted by Gasteiger charge is 2.25. The van der Waals surface area contributed by atoms with Crippen molar-refractivity contribution in [2.75, 3.05) is 38.1 Å². The molecule has 1 fully saturated rings. The Bertz CT molecular complexity index is 782. The predicted molar refractivity (Wildman–Crippen MR) is 118 cm³/mol. The number of hydrogen-bond acceptors (Lipinski definition) is 3. The van der Waals surface area contributed by atoms with E-state index in [1.165, 1.54) is 19.3 Å². The van der Waals surface area contributed by atoms with Crippen molar-refractivity contribution >= 4 is 17.5 Å². The summed E-state index contributed by atoms with van der Waals surface area (Å²) in [5, 5.41) is 0. The fourth-order valence-corrected chi connectivity index (χ4v) is 4.43. The van der Waals surface area contributed by atoms with Gasteiger partial charge in [0, 0.05) is 38.5 Å². The monoisotopic (exact) mass is 435 g/mol. The summed E-state index contributed by atoms with van der Waals surface area (Å²) in [6, 6.07) is 2.27. The van der Waals surface area contributed by atoms with Gasteiger partial charge in [-0.05, 0) is 56.9 Å². The molecule has 0 saturated heterocycles. The van der Waals surface area contributed by atoms with E-state index in [-0.39, 0.29) is 24.8 Å². The summed E-state index contributed by atoms with van der Waals surface area (Å²) in [6.07, 6.45) is 6.84. The third-order valence-electron chi connectivity index (χ3n) is 6.61. The van der Waals surface area contributed by atoms with E-state index in [0.717, 1.165) is 44.5 Å². The fourth-order valence-electron chi connectivity index (χ4n) is 4.43. The molecule has 1 aromatic rings. The molecule has 2 amide bonds. The van der Waals surface area contributed by atoms with E-state index in [4.69, 9.17) is 0 Å². The Kier molecular flexibility index (Phi) is 8.41. The molecule has 0 unspecified atom stereocenters. The maximum atomic E-state index is 14.2. The molecule has 0 spiro atoms. The molecule has 1 aromatic carbocycles. The van der Waals surface area contributed by atoms with Gasteiger partial charge in [0.25, 0.3) is 0 Å². The number of amides is 2. The van der Waals surface area contributed by atoms with Gasteiger partial charge in [-0.15, -0.1) is 0 Å². The van der Waals surface area contributed by atoms with E-state index in [1.807, 2.05) is 7.05 Å². The lowest BCUT2D eigenvalue weighted by Gasteiger charge is -2.31. The Labute approximate surface area is 184 Å². The molecule has 1 aliphatic carbocycles. The quantitative estimate of drug-likeness (QED) is 0.707. The fraction of sp³-hybridized carbons (Fsp3) is 0.667. The van der Waals surface area contributed by atoms with Gasteiger partial charge >= 0.3 is 0 Å². The summed E-state index contributed by atoms with van der Waals surface area (Å²) in [5.41, 5.74) is 0.873. The van der Waals surface area contributed by atoms with Crippen LogP contribution in [0.1, 0.15) is 63.9 Å². The smallest absolute Gasteiger partial charge is 0.226 e. The second-order valence-electron chi connectivity index (χ2n) is 8.96. The van der Waals surface area contributed by atoms with Crippen LogP contribution in [0.25, 0.3) is 0 Å². The molecule has 0 aromatic heterocycles. The van der Waals surface area contributed by atoms with Crippen LogP contribution >= 0.6 is 0 Å². The van der Waals surface area contributed by atoms with Crippen LogP contribution in [0.5, 0.6) is 0 Å². The zero-order valence-electron chi connectivity index (χ0n) is 18.8. The molecule has 2 aliphatic rings. The summed E-state index contributed by atoms with van der Waals surface area (Å²) < 4.78 is 28.4. The van der Waals surface area contributed by atoms with E-state index in [1.54, 1.807) is 16.7 Å². The lowest BCUT2D eigenvalue weighted by atomic mass is 9.82. The Morgan fingerprint density at radius 3 is 2.29 bits per heavy atom. The van der Waals surface area contributed by atoms with Gasteiger partial charge in [0.1, 0.15) is 0 Å². The summed E-state index contributed by atoms with van der Waals surface area (Å²) >= 11 is 0. The second-order valence-corrected chi connectivity index (χ2v) is 8.96. The van der Waals surface area contributed by atoms with Crippen molar-refractivity contribution in [1.82, 2.24) is 9.80 Å². The zero-order chi connectivity index (χ0) is 22.4. The van der Waals surface area contributed by atoms with E-state index in [0.29, 0.717) is 36.7 Å². The normalized spacial score (nSPS) is 19.2. The molecule has 0 N–H and O–H groups in total. The van der Waals surface area contributed by atoms with Crippen molar-refractivity contribution in [1.29, 1.82) is 0 Å². The van der Waals surface area contributed by atoms with Crippen molar-refractivity contribution in [2.24, 2.45) is 5.92 Å². The third kappa shape index (κ3) is 6.25. The van der Waals surface area contributed by atoms with Crippen molar-refractivity contribution in [2.45, 2.75) is 64.8 Å². The first-order valence-electron chi connectivity index (χ1n) is 11.6. The first kappa shape index (κ1) is 23.6. The van der Waals surface area contributed by atoms with Crippen LogP contribution in [0, 0.1) is 17.6 Å². The molecule has 0 radical (unpaired) electrons. The largest absolute Gasteiger partial charge is 0.338 e. The first-order valence-corrected chi connectivity index (χ1v) is 11.6. The Hall–Kier alpha value is -2.02. The summed E-state index contributed by atoms with van der Waals surface area (Å²) in [5.74, 6) is -1.36. The van der Waals surface area contributed by atoms with Gasteiger partial charge in [0.15, 0.2) is 11.6 Å². The average Bonchev–Trinajstić information content (AvgIpc) is 2.70. The molecular formula is C24H35F2N3O2. The number of benzene rings is 1. The number of hydrogen-bond donors (Lipinski definition) is 0. The van der Waals surface area contributed by atoms with Gasteiger partial charge < -0.3 is 14.7 Å². The molecule has 5 nitrogen and oxygen atoms in total. The summed E-state index contributed by atoms with van der Waals surface area (Å²) in [6.45, 7) is 4.59. The molecular weight excluding hydrogens is 400 g/mol. The Morgan fingerprint density at radius 2 is 1.65 bits per heavy atom. The van der Waals surface area contributed by atoms with Crippen molar-refractivity contribution in [3.8, 4) is 0 Å². The number of fused-ring (bicyclic) bond motifs is 1. The summed E-state index contributed by atoms with van der Waals surface area (Å²) in [7, 11) is 2.03. The van der Waals surface area contributed by atoms with Gasteiger partial charge in [-0.3, -0.25) is 9.59 Å². The highest BCUT2D eigenvalue weighted by Crippen LogP contribution is 2.31. The van der Waals surface area contributed by atoms with Crippen LogP contribution in [-0.2, 0) is 16.1 Å². The van der Waals surface area contributed by atoms with Crippen LogP contribution in [0.2, 0.25) is 0 Å². The van der Waals surface area contributed by atoms with Gasteiger partial charge in [0.05, 0.1) is 5.69 Å². The zero-order valence-corrected chi connectivity index (χ0v) is 18.8. The number of carbonyl (C=O) groups is 2. The Morgan fingerprint density at radius 1 is 0.968 bits per heavy atom. The van der Waals surface area contributed by atoms with Gasteiger partial charge in [-0.2, -0.15) is 0 Å². The number of halogens is 2. The molecule has 1 saturated carbocycles. The lowest BCUT2D eigenvalue weighted by molar-refractivity contribution is -0.132. The molecule has 1 aliphatic heterocycles. The minimum atomic E-state index is -0.972. The van der Waals surface area contributed by atoms with E-state index in [2.05, 4.69) is 4.90 Å². The Balaban J connectivity index is 1.90. The lowest BCUT2D eigenvalue weighted by Crippen LogP contribution is -2.38. The molecule has 172 valence electrons. The maximum Gasteiger partial charge on any atom is 0.226 e. The van der Waals surface area contributed by atoms with Gasteiger partial charge in [0.2, 0.25) is 11.8 Å². The highest BCUT2D eigenvalue weighted by molar-refractivity contribution is 5.94. The number of nitrogens with zero attached hydrogens (tertiary/aromatic N) is 3. The van der Waals surface area contributed by atoms with Crippen LogP contribution in [0.3, 0.4) is 0 Å². The molecule has 0 atom stereocenters. The average molecular weight is 436 g/mol. The van der Waals surface area contributed by atoms with Crippen molar-refractivity contribution in [3.63, 3.8) is 0 Å². The number of carbonyl (C=O) groups excluding carboxylic acids is 2. The van der Waals surface area contributed by atoms with Crippen molar-refractivity contribution < 1.29 is 18.4 Å². The van der Waals surface area contributed by atoms with Gasteiger partial charge in [-0.1, -0.05) is 26.2 Å². The maximum absolute atomic E-state index is 14.2. The number of anilines is 1. The minimum absolute atomic E-state index is 0.0515. The standard InChI is InChI=1S/C24H35F2N3O2/c1-3-23(30)29-14-6-12-27(2)11-5-13-28(24(31)10-9-18-7-4-8-18)17-19-15-20(25)21(26)16-22(19)29/h15-16,18H,3-14,17H2,1-2H3. The first-order chi connectivity index (χ1) is 14.9. The third-order valence-corrected chi connectivity index (χ3v) is 6.61. The predicted octanol–water partition coefficient (Wildman–Crippen LogP) is 4.34. The second kappa shape index (κ2) is 11.0. The van der Waals surface area contributed by atoms with E-state index in [9.17, 15) is 18.4 Å². The highest BCUT2D eigenvalue weighted by atomic mass is 19.2. The molecule has 3 rings (SSSR count). The molecule has 7 heteroatoms. The SMILES string of the molecule is CCC(=O)N1CCCN(C)CCCN(C(=O)CCC2CCC2)Cc2cc(F)c(F)cc21. The van der Waals surface area contributed by atoms with Crippen LogP contribution in [0.15, 0.2) is 12.1 Å². The summed E-state index contributed by atoms with van der Waals surface area (Å²) in [4.78, 5) is 31.2. The molecule has 0 bridgehead atoms. The van der Waals surface area contributed by atoms with Crippen LogP contribution < -0.4 is 4.90 Å². The van der Waals surface area contributed by atoms with Crippen LogP contribution in [0.4, 0.5) is 14.5 Å². The van der Waals surface area contributed by atoms with Gasteiger partial charge in [-0.25, -0.2) is 8.78 Å². The van der Waals surface area contributed by atoms with Crippen LogP contribution in [-0.4, -0.2) is 54.8 Å². The van der Waals surface area contributed by atoms with E-state index >= 15 is 0 Å². The topological polar surface area (TPSA) is 43.9 Å². The number of rotatable bonds is 4. The van der Waals surface area contributed by atoms with E-state index < -0.39 is 11.6 Å². The minimum Gasteiger partial charge on any atom is -0.338 e. The molecule has 31 heavy (non-hydrogen) atoms. The molecule has 1 heterocycles.